The third-order valence-corrected chi connectivity index (χ3v) is 2.63. The third-order valence-electron chi connectivity index (χ3n) is 2.63. The number of nitro groups is 1. The number of benzene rings is 1. The van der Waals surface area contributed by atoms with Crippen molar-refractivity contribution >= 4 is 5.69 Å². The van der Waals surface area contributed by atoms with Crippen molar-refractivity contribution in [3.8, 4) is 0 Å². The summed E-state index contributed by atoms with van der Waals surface area (Å²) in [7, 11) is 0. The molecule has 0 bridgehead atoms. The lowest BCUT2D eigenvalue weighted by Gasteiger charge is -2.07. The molecule has 2 rings (SSSR count). The number of nitro benzene ring substituents is 1. The zero-order valence-electron chi connectivity index (χ0n) is 8.24. The van der Waals surface area contributed by atoms with Gasteiger partial charge in [-0.2, -0.15) is 4.39 Å². The highest BCUT2D eigenvalue weighted by molar-refractivity contribution is 5.38. The smallest absolute Gasteiger partial charge is 0.308 e. The number of hydrogen-bond acceptors (Lipinski definition) is 3. The Bertz CT molecular complexity index is 458. The van der Waals surface area contributed by atoms with E-state index in [2.05, 4.69) is 0 Å². The van der Waals surface area contributed by atoms with Crippen molar-refractivity contribution in [2.45, 2.75) is 24.9 Å². The van der Waals surface area contributed by atoms with Gasteiger partial charge in [-0.05, 0) is 24.5 Å². The molecule has 1 saturated carbocycles. The maximum absolute atomic E-state index is 13.0. The molecular weight excluding hydrogens is 220 g/mol. The normalized spacial score (nSPS) is 17.2. The van der Waals surface area contributed by atoms with Crippen LogP contribution in [0.15, 0.2) is 12.1 Å². The Labute approximate surface area is 89.7 Å². The van der Waals surface area contributed by atoms with Gasteiger partial charge in [-0.1, -0.05) is 0 Å². The van der Waals surface area contributed by atoms with E-state index in [1.165, 1.54) is 0 Å². The van der Waals surface area contributed by atoms with Crippen molar-refractivity contribution in [2.24, 2.45) is 0 Å². The zero-order valence-corrected chi connectivity index (χ0v) is 8.24. The maximum Gasteiger partial charge on any atom is 0.308 e. The summed E-state index contributed by atoms with van der Waals surface area (Å²) in [4.78, 5) is 9.47. The predicted molar refractivity (Wildman–Crippen MR) is 50.9 cm³/mol. The fourth-order valence-corrected chi connectivity index (χ4v) is 1.57. The van der Waals surface area contributed by atoms with Gasteiger partial charge in [0, 0.05) is 12.5 Å². The molecule has 0 radical (unpaired) electrons. The van der Waals surface area contributed by atoms with E-state index in [1.54, 1.807) is 0 Å². The molecule has 0 heterocycles. The summed E-state index contributed by atoms with van der Waals surface area (Å²) in [5, 5.41) is 20.0. The first-order valence-electron chi connectivity index (χ1n) is 4.76. The summed E-state index contributed by atoms with van der Waals surface area (Å²) < 4.78 is 26.0. The average Bonchev–Trinajstić information content (AvgIpc) is 2.89. The van der Waals surface area contributed by atoms with Gasteiger partial charge in [0.2, 0.25) is 5.82 Å². The van der Waals surface area contributed by atoms with Gasteiger partial charge in [0.05, 0.1) is 10.5 Å². The first-order chi connectivity index (χ1) is 7.41. The molecule has 1 aromatic rings. The summed E-state index contributed by atoms with van der Waals surface area (Å²) in [6.45, 7) is 0. The largest absolute Gasteiger partial charge is 0.390 e. The van der Waals surface area contributed by atoms with Gasteiger partial charge in [-0.15, -0.1) is 0 Å². The van der Waals surface area contributed by atoms with Crippen LogP contribution in [0, 0.1) is 21.7 Å². The van der Waals surface area contributed by atoms with Gasteiger partial charge in [-0.3, -0.25) is 10.1 Å². The molecule has 0 aliphatic heterocycles. The van der Waals surface area contributed by atoms with Crippen LogP contribution in [-0.4, -0.2) is 15.6 Å². The molecule has 1 aliphatic rings. The standard InChI is InChI=1S/C10H9F2NO3/c11-7-3-6(5-10(14)1-2-10)4-8(9(7)12)13(15)16/h3-4,14H,1-2,5H2. The number of hydrogen-bond donors (Lipinski definition) is 1. The molecule has 1 aliphatic carbocycles. The molecule has 86 valence electrons. The van der Waals surface area contributed by atoms with Crippen molar-refractivity contribution in [3.63, 3.8) is 0 Å². The molecule has 0 spiro atoms. The van der Waals surface area contributed by atoms with Gasteiger partial charge >= 0.3 is 5.69 Å². The van der Waals surface area contributed by atoms with Crippen LogP contribution in [0.3, 0.4) is 0 Å². The fourth-order valence-electron chi connectivity index (χ4n) is 1.57. The van der Waals surface area contributed by atoms with Crippen LogP contribution in [0.2, 0.25) is 0 Å². The molecule has 1 fully saturated rings. The number of rotatable bonds is 3. The molecule has 1 aromatic carbocycles. The highest BCUT2D eigenvalue weighted by atomic mass is 19.2. The zero-order chi connectivity index (χ0) is 11.9. The van der Waals surface area contributed by atoms with Gasteiger partial charge in [0.15, 0.2) is 5.82 Å². The summed E-state index contributed by atoms with van der Waals surface area (Å²) in [5.74, 6) is -2.72. The van der Waals surface area contributed by atoms with E-state index in [-0.39, 0.29) is 12.0 Å². The minimum atomic E-state index is -1.46. The SMILES string of the molecule is O=[N+]([O-])c1cc(CC2(O)CC2)cc(F)c1F. The quantitative estimate of drug-likeness (QED) is 0.636. The van der Waals surface area contributed by atoms with Gasteiger partial charge in [0.1, 0.15) is 0 Å². The number of nitrogens with zero attached hydrogens (tertiary/aromatic N) is 1. The van der Waals surface area contributed by atoms with Crippen LogP contribution >= 0.6 is 0 Å². The fraction of sp³-hybridized carbons (Fsp3) is 0.400. The summed E-state index contributed by atoms with van der Waals surface area (Å²) >= 11 is 0. The number of aliphatic hydroxyl groups is 1. The Morgan fingerprint density at radius 3 is 2.56 bits per heavy atom. The lowest BCUT2D eigenvalue weighted by Crippen LogP contribution is -2.11. The summed E-state index contributed by atoms with van der Waals surface area (Å²) in [6.07, 6.45) is 1.28. The first-order valence-corrected chi connectivity index (χ1v) is 4.76. The van der Waals surface area contributed by atoms with Gasteiger partial charge in [-0.25, -0.2) is 4.39 Å². The molecule has 0 aromatic heterocycles. The Morgan fingerprint density at radius 1 is 1.44 bits per heavy atom. The van der Waals surface area contributed by atoms with Crippen molar-refractivity contribution < 1.29 is 18.8 Å². The second-order valence-corrected chi connectivity index (χ2v) is 4.07. The summed E-state index contributed by atoms with van der Waals surface area (Å²) in [5.41, 5.74) is -1.54. The molecular formula is C10H9F2NO3. The minimum absolute atomic E-state index is 0.116. The minimum Gasteiger partial charge on any atom is -0.390 e. The van der Waals surface area contributed by atoms with E-state index >= 15 is 0 Å². The lowest BCUT2D eigenvalue weighted by molar-refractivity contribution is -0.387. The Morgan fingerprint density at radius 2 is 2.06 bits per heavy atom. The van der Waals surface area contributed by atoms with E-state index in [1.807, 2.05) is 0 Å². The van der Waals surface area contributed by atoms with E-state index in [0.717, 1.165) is 12.1 Å². The highest BCUT2D eigenvalue weighted by Crippen LogP contribution is 2.39. The number of halogens is 2. The lowest BCUT2D eigenvalue weighted by atomic mass is 10.1. The second kappa shape index (κ2) is 3.48. The molecule has 0 amide bonds. The molecule has 6 heteroatoms. The average molecular weight is 229 g/mol. The topological polar surface area (TPSA) is 63.4 Å². The van der Waals surface area contributed by atoms with E-state index in [0.29, 0.717) is 12.8 Å². The highest BCUT2D eigenvalue weighted by Gasteiger charge is 2.40. The van der Waals surface area contributed by atoms with E-state index < -0.39 is 27.8 Å². The van der Waals surface area contributed by atoms with Crippen LogP contribution < -0.4 is 0 Å². The molecule has 4 nitrogen and oxygen atoms in total. The van der Waals surface area contributed by atoms with E-state index in [9.17, 15) is 24.0 Å². The van der Waals surface area contributed by atoms with Crippen LogP contribution in [0.5, 0.6) is 0 Å². The Hall–Kier alpha value is -1.56. The van der Waals surface area contributed by atoms with Crippen LogP contribution in [0.1, 0.15) is 18.4 Å². The molecule has 0 unspecified atom stereocenters. The van der Waals surface area contributed by atoms with Crippen LogP contribution in [-0.2, 0) is 6.42 Å². The van der Waals surface area contributed by atoms with Gasteiger partial charge < -0.3 is 5.11 Å². The van der Waals surface area contributed by atoms with Crippen LogP contribution in [0.25, 0.3) is 0 Å². The van der Waals surface area contributed by atoms with Crippen molar-refractivity contribution in [3.05, 3.63) is 39.4 Å². The second-order valence-electron chi connectivity index (χ2n) is 4.07. The maximum atomic E-state index is 13.0. The Balaban J connectivity index is 2.36. The third kappa shape index (κ3) is 2.01. The predicted octanol–water partition coefficient (Wildman–Crippen LogP) is 1.94. The van der Waals surface area contributed by atoms with Gasteiger partial charge in [0.25, 0.3) is 0 Å². The molecule has 16 heavy (non-hydrogen) atoms. The molecule has 1 N–H and O–H groups in total. The van der Waals surface area contributed by atoms with Crippen LogP contribution in [0.4, 0.5) is 14.5 Å². The Kier molecular flexibility index (Phi) is 2.38. The van der Waals surface area contributed by atoms with Crippen molar-refractivity contribution in [1.29, 1.82) is 0 Å². The monoisotopic (exact) mass is 229 g/mol. The van der Waals surface area contributed by atoms with Crippen molar-refractivity contribution in [1.82, 2.24) is 0 Å². The molecule has 0 saturated heterocycles. The van der Waals surface area contributed by atoms with Crippen molar-refractivity contribution in [2.75, 3.05) is 0 Å². The van der Waals surface area contributed by atoms with E-state index in [4.69, 9.17) is 0 Å². The summed E-state index contributed by atoms with van der Waals surface area (Å²) in [6, 6.07) is 1.85. The first kappa shape index (κ1) is 10.9. The molecule has 0 atom stereocenters.